The summed E-state index contributed by atoms with van der Waals surface area (Å²) < 4.78 is 16.1. The van der Waals surface area contributed by atoms with Crippen molar-refractivity contribution in [3.05, 3.63) is 23.3 Å². The molecule has 1 aliphatic rings. The van der Waals surface area contributed by atoms with Gasteiger partial charge in [0.15, 0.2) is 0 Å². The van der Waals surface area contributed by atoms with E-state index in [1.54, 1.807) is 6.07 Å². The molecule has 1 aromatic carbocycles. The number of ether oxygens (including phenoxy) is 3. The Morgan fingerprint density at radius 3 is 2.78 bits per heavy atom. The summed E-state index contributed by atoms with van der Waals surface area (Å²) in [5, 5.41) is 0. The van der Waals surface area contributed by atoms with Crippen molar-refractivity contribution in [2.75, 3.05) is 13.7 Å². The first-order chi connectivity index (χ1) is 8.46. The molecule has 0 amide bonds. The van der Waals surface area contributed by atoms with Gasteiger partial charge in [-0.2, -0.15) is 0 Å². The Kier molecular flexibility index (Phi) is 3.20. The zero-order valence-electron chi connectivity index (χ0n) is 11.2. The van der Waals surface area contributed by atoms with Gasteiger partial charge >= 0.3 is 5.97 Å². The predicted molar refractivity (Wildman–Crippen MR) is 67.4 cm³/mol. The summed E-state index contributed by atoms with van der Waals surface area (Å²) in [6.07, 6.45) is 0.757. The molecule has 0 aliphatic carbocycles. The van der Waals surface area contributed by atoms with Crippen LogP contribution >= 0.6 is 0 Å². The van der Waals surface area contributed by atoms with Crippen molar-refractivity contribution >= 4 is 5.97 Å². The molecule has 0 aromatic heterocycles. The molecule has 18 heavy (non-hydrogen) atoms. The first-order valence-corrected chi connectivity index (χ1v) is 6.04. The van der Waals surface area contributed by atoms with Crippen molar-refractivity contribution < 1.29 is 19.0 Å². The molecule has 4 heteroatoms. The standard InChI is InChI=1S/C14H18O4/c1-5-17-10-6-9-8-14(2,3)18-12(9)11(7-10)13(15)16-4/h6-7H,5,8H2,1-4H3. The van der Waals surface area contributed by atoms with Crippen LogP contribution < -0.4 is 9.47 Å². The predicted octanol–water partition coefficient (Wildman–Crippen LogP) is 2.59. The molecule has 98 valence electrons. The Morgan fingerprint density at radius 2 is 2.17 bits per heavy atom. The fraction of sp³-hybridized carbons (Fsp3) is 0.500. The molecule has 0 saturated carbocycles. The lowest BCUT2D eigenvalue weighted by Crippen LogP contribution is -2.25. The van der Waals surface area contributed by atoms with Crippen molar-refractivity contribution in [2.24, 2.45) is 0 Å². The van der Waals surface area contributed by atoms with Crippen molar-refractivity contribution in [2.45, 2.75) is 32.8 Å². The maximum absolute atomic E-state index is 11.8. The van der Waals surface area contributed by atoms with Gasteiger partial charge in [-0.1, -0.05) is 0 Å². The lowest BCUT2D eigenvalue weighted by molar-refractivity contribution is 0.0589. The lowest BCUT2D eigenvalue weighted by Gasteiger charge is -2.17. The average molecular weight is 250 g/mol. The van der Waals surface area contributed by atoms with Gasteiger partial charge in [-0.15, -0.1) is 0 Å². The number of hydrogen-bond donors (Lipinski definition) is 0. The first kappa shape index (κ1) is 12.7. The highest BCUT2D eigenvalue weighted by atomic mass is 16.5. The fourth-order valence-electron chi connectivity index (χ4n) is 2.19. The second-order valence-electron chi connectivity index (χ2n) is 4.92. The number of carbonyl (C=O) groups excluding carboxylic acids is 1. The van der Waals surface area contributed by atoms with Crippen LogP contribution in [0.2, 0.25) is 0 Å². The molecule has 1 aromatic rings. The molecule has 0 spiro atoms. The Balaban J connectivity index is 2.49. The van der Waals surface area contributed by atoms with Gasteiger partial charge in [-0.25, -0.2) is 4.79 Å². The van der Waals surface area contributed by atoms with Crippen molar-refractivity contribution in [1.82, 2.24) is 0 Å². The quantitative estimate of drug-likeness (QED) is 0.773. The number of rotatable bonds is 3. The van der Waals surface area contributed by atoms with Crippen LogP contribution in [0.4, 0.5) is 0 Å². The molecule has 0 unspecified atom stereocenters. The second-order valence-corrected chi connectivity index (χ2v) is 4.92. The topological polar surface area (TPSA) is 44.8 Å². The van der Waals surface area contributed by atoms with E-state index < -0.39 is 5.97 Å². The lowest BCUT2D eigenvalue weighted by atomic mass is 10.00. The van der Waals surface area contributed by atoms with Crippen molar-refractivity contribution in [1.29, 1.82) is 0 Å². The fourth-order valence-corrected chi connectivity index (χ4v) is 2.19. The molecule has 0 saturated heterocycles. The van der Waals surface area contributed by atoms with Crippen LogP contribution in [0.3, 0.4) is 0 Å². The highest BCUT2D eigenvalue weighted by molar-refractivity contribution is 5.93. The summed E-state index contributed by atoms with van der Waals surface area (Å²) in [5.41, 5.74) is 1.13. The highest BCUT2D eigenvalue weighted by Crippen LogP contribution is 2.40. The third-order valence-corrected chi connectivity index (χ3v) is 2.85. The van der Waals surface area contributed by atoms with Crippen LogP contribution in [-0.4, -0.2) is 25.3 Å². The van der Waals surface area contributed by atoms with E-state index in [1.807, 2.05) is 26.8 Å². The third kappa shape index (κ3) is 2.28. The second kappa shape index (κ2) is 4.52. The maximum atomic E-state index is 11.8. The zero-order chi connectivity index (χ0) is 13.3. The number of benzene rings is 1. The van der Waals surface area contributed by atoms with Crippen LogP contribution in [0.25, 0.3) is 0 Å². The third-order valence-electron chi connectivity index (χ3n) is 2.85. The summed E-state index contributed by atoms with van der Waals surface area (Å²) >= 11 is 0. The Labute approximate surface area is 107 Å². The van der Waals surface area contributed by atoms with Gasteiger partial charge in [0.1, 0.15) is 22.7 Å². The van der Waals surface area contributed by atoms with Crippen LogP contribution in [0.15, 0.2) is 12.1 Å². The van der Waals surface area contributed by atoms with E-state index in [4.69, 9.17) is 14.2 Å². The molecular weight excluding hydrogens is 232 g/mol. The number of esters is 1. The van der Waals surface area contributed by atoms with E-state index in [0.717, 1.165) is 12.0 Å². The van der Waals surface area contributed by atoms with Gasteiger partial charge in [0.05, 0.1) is 13.7 Å². The van der Waals surface area contributed by atoms with E-state index in [0.29, 0.717) is 23.7 Å². The Hall–Kier alpha value is -1.71. The first-order valence-electron chi connectivity index (χ1n) is 6.04. The Bertz CT molecular complexity index is 477. The molecule has 0 bridgehead atoms. The maximum Gasteiger partial charge on any atom is 0.341 e. The highest BCUT2D eigenvalue weighted by Gasteiger charge is 2.34. The Morgan fingerprint density at radius 1 is 1.44 bits per heavy atom. The molecule has 0 atom stereocenters. The number of fused-ring (bicyclic) bond motifs is 1. The van der Waals surface area contributed by atoms with Gasteiger partial charge in [0, 0.05) is 12.0 Å². The molecule has 0 N–H and O–H groups in total. The number of methoxy groups -OCH3 is 1. The number of carbonyl (C=O) groups is 1. The molecule has 2 rings (SSSR count). The van der Waals surface area contributed by atoms with E-state index in [1.165, 1.54) is 7.11 Å². The SMILES string of the molecule is CCOc1cc2c(c(C(=O)OC)c1)OC(C)(C)C2. The van der Waals surface area contributed by atoms with Crippen molar-refractivity contribution in [3.8, 4) is 11.5 Å². The van der Waals surface area contributed by atoms with Gasteiger partial charge < -0.3 is 14.2 Å². The largest absolute Gasteiger partial charge is 0.494 e. The minimum atomic E-state index is -0.398. The summed E-state index contributed by atoms with van der Waals surface area (Å²) in [4.78, 5) is 11.8. The molecule has 0 fully saturated rings. The van der Waals surface area contributed by atoms with Gasteiger partial charge in [-0.05, 0) is 32.9 Å². The average Bonchev–Trinajstić information content (AvgIpc) is 2.61. The summed E-state index contributed by atoms with van der Waals surface area (Å²) in [5.74, 6) is 0.902. The van der Waals surface area contributed by atoms with Crippen LogP contribution in [0.1, 0.15) is 36.7 Å². The smallest absolute Gasteiger partial charge is 0.341 e. The summed E-state index contributed by atoms with van der Waals surface area (Å²) in [7, 11) is 1.36. The van der Waals surface area contributed by atoms with E-state index >= 15 is 0 Å². The van der Waals surface area contributed by atoms with Crippen LogP contribution in [-0.2, 0) is 11.2 Å². The van der Waals surface area contributed by atoms with Crippen LogP contribution in [0.5, 0.6) is 11.5 Å². The van der Waals surface area contributed by atoms with E-state index in [-0.39, 0.29) is 5.60 Å². The van der Waals surface area contributed by atoms with Gasteiger partial charge in [0.25, 0.3) is 0 Å². The van der Waals surface area contributed by atoms with E-state index in [2.05, 4.69) is 0 Å². The molecule has 4 nitrogen and oxygen atoms in total. The van der Waals surface area contributed by atoms with Crippen LogP contribution in [0, 0.1) is 0 Å². The van der Waals surface area contributed by atoms with Gasteiger partial charge in [0.2, 0.25) is 0 Å². The minimum Gasteiger partial charge on any atom is -0.494 e. The minimum absolute atomic E-state index is 0.296. The monoisotopic (exact) mass is 250 g/mol. The molecule has 0 radical (unpaired) electrons. The van der Waals surface area contributed by atoms with Crippen molar-refractivity contribution in [3.63, 3.8) is 0 Å². The normalized spacial score (nSPS) is 15.8. The summed E-state index contributed by atoms with van der Waals surface area (Å²) in [6.45, 7) is 6.46. The summed E-state index contributed by atoms with van der Waals surface area (Å²) in [6, 6.07) is 3.61. The molecular formula is C14H18O4. The van der Waals surface area contributed by atoms with Gasteiger partial charge in [-0.3, -0.25) is 0 Å². The molecule has 1 aliphatic heterocycles. The number of hydrogen-bond acceptors (Lipinski definition) is 4. The zero-order valence-corrected chi connectivity index (χ0v) is 11.2. The molecule has 1 heterocycles. The van der Waals surface area contributed by atoms with E-state index in [9.17, 15) is 4.79 Å².